The monoisotopic (exact) mass is 428 g/mol. The fourth-order valence-corrected chi connectivity index (χ4v) is 5.02. The minimum Gasteiger partial charge on any atom is -0.366 e. The number of rotatable bonds is 7. The summed E-state index contributed by atoms with van der Waals surface area (Å²) in [5, 5.41) is 2.94. The van der Waals surface area contributed by atoms with Gasteiger partial charge in [0.1, 0.15) is 5.00 Å². The molecular formula is C21H20N2O4S2. The summed E-state index contributed by atoms with van der Waals surface area (Å²) in [7, 11) is -3.58. The third-order valence-corrected chi connectivity index (χ3v) is 7.12. The van der Waals surface area contributed by atoms with Gasteiger partial charge in [-0.05, 0) is 30.7 Å². The number of thiophene rings is 1. The van der Waals surface area contributed by atoms with Crippen molar-refractivity contribution >= 4 is 38.0 Å². The third kappa shape index (κ3) is 5.10. The zero-order chi connectivity index (χ0) is 21.0. The number of primary amides is 1. The molecule has 0 unspecified atom stereocenters. The Hall–Kier alpha value is -2.97. The van der Waals surface area contributed by atoms with Gasteiger partial charge in [-0.2, -0.15) is 0 Å². The number of aryl methyl sites for hydroxylation is 1. The summed E-state index contributed by atoms with van der Waals surface area (Å²) in [6, 6.07) is 17.5. The summed E-state index contributed by atoms with van der Waals surface area (Å²) in [6.07, 6.45) is -0.229. The van der Waals surface area contributed by atoms with Gasteiger partial charge in [0.05, 0.1) is 16.2 Å². The molecule has 0 aliphatic heterocycles. The summed E-state index contributed by atoms with van der Waals surface area (Å²) in [5.74, 6) is -1.49. The predicted octanol–water partition coefficient (Wildman–Crippen LogP) is 3.62. The van der Waals surface area contributed by atoms with E-state index in [1.165, 1.54) is 23.5 Å². The Morgan fingerprint density at radius 2 is 1.69 bits per heavy atom. The fourth-order valence-electron chi connectivity index (χ4n) is 2.69. The molecule has 0 aliphatic rings. The minimum atomic E-state index is -3.58. The van der Waals surface area contributed by atoms with Crippen LogP contribution in [-0.4, -0.2) is 26.0 Å². The maximum absolute atomic E-state index is 12.4. The Morgan fingerprint density at radius 3 is 2.31 bits per heavy atom. The highest BCUT2D eigenvalue weighted by Gasteiger charge is 2.20. The van der Waals surface area contributed by atoms with E-state index < -0.39 is 21.7 Å². The maximum atomic E-state index is 12.4. The van der Waals surface area contributed by atoms with Gasteiger partial charge in [-0.1, -0.05) is 48.0 Å². The molecule has 0 spiro atoms. The van der Waals surface area contributed by atoms with Crippen LogP contribution in [0.25, 0.3) is 10.4 Å². The molecule has 3 rings (SSSR count). The number of hydrogen-bond acceptors (Lipinski definition) is 5. The molecule has 2 aromatic carbocycles. The summed E-state index contributed by atoms with van der Waals surface area (Å²) < 4.78 is 24.8. The molecule has 3 aromatic rings. The second-order valence-electron chi connectivity index (χ2n) is 6.51. The van der Waals surface area contributed by atoms with Gasteiger partial charge in [0.25, 0.3) is 5.91 Å². The fraction of sp³-hybridized carbons (Fsp3) is 0.143. The van der Waals surface area contributed by atoms with Gasteiger partial charge in [0, 0.05) is 11.3 Å². The quantitative estimate of drug-likeness (QED) is 0.599. The molecule has 2 amide bonds. The minimum absolute atomic E-state index is 0.177. The molecule has 29 heavy (non-hydrogen) atoms. The summed E-state index contributed by atoms with van der Waals surface area (Å²) in [5.41, 5.74) is 7.47. The average Bonchev–Trinajstić information content (AvgIpc) is 3.12. The molecule has 6 nitrogen and oxygen atoms in total. The third-order valence-electron chi connectivity index (χ3n) is 4.29. The summed E-state index contributed by atoms with van der Waals surface area (Å²) in [4.78, 5) is 25.1. The SMILES string of the molecule is Cc1ccc(S(=O)(=O)CCC(=O)Nc2sc(-c3ccccc3)cc2C(N)=O)cc1. The van der Waals surface area contributed by atoms with Crippen molar-refractivity contribution in [2.45, 2.75) is 18.2 Å². The molecule has 1 heterocycles. The molecule has 8 heteroatoms. The molecule has 0 saturated carbocycles. The van der Waals surface area contributed by atoms with E-state index in [1.54, 1.807) is 18.2 Å². The lowest BCUT2D eigenvalue weighted by Gasteiger charge is -2.06. The molecule has 3 N–H and O–H groups in total. The molecule has 150 valence electrons. The second-order valence-corrected chi connectivity index (χ2v) is 9.68. The van der Waals surface area contributed by atoms with Crippen molar-refractivity contribution in [1.82, 2.24) is 0 Å². The largest absolute Gasteiger partial charge is 0.366 e. The highest BCUT2D eigenvalue weighted by Crippen LogP contribution is 2.35. The van der Waals surface area contributed by atoms with Crippen LogP contribution in [0.1, 0.15) is 22.3 Å². The van der Waals surface area contributed by atoms with Crippen molar-refractivity contribution in [3.05, 3.63) is 71.8 Å². The van der Waals surface area contributed by atoms with Gasteiger partial charge in [0.2, 0.25) is 5.91 Å². The van der Waals surface area contributed by atoms with Crippen molar-refractivity contribution in [1.29, 1.82) is 0 Å². The van der Waals surface area contributed by atoms with Gasteiger partial charge in [-0.3, -0.25) is 9.59 Å². The van der Waals surface area contributed by atoms with E-state index in [0.29, 0.717) is 5.00 Å². The summed E-state index contributed by atoms with van der Waals surface area (Å²) >= 11 is 1.22. The van der Waals surface area contributed by atoms with Crippen molar-refractivity contribution in [2.24, 2.45) is 5.73 Å². The standard InChI is InChI=1S/C21H20N2O4S2/c1-14-7-9-16(10-8-14)29(26,27)12-11-19(24)23-21-17(20(22)25)13-18(28-21)15-5-3-2-4-6-15/h2-10,13H,11-12H2,1H3,(H2,22,25)(H,23,24). The zero-order valence-electron chi connectivity index (χ0n) is 15.7. The van der Waals surface area contributed by atoms with Crippen LogP contribution in [0.15, 0.2) is 65.6 Å². The number of amides is 2. The molecule has 0 saturated heterocycles. The topological polar surface area (TPSA) is 106 Å². The number of hydrogen-bond donors (Lipinski definition) is 2. The van der Waals surface area contributed by atoms with Crippen molar-refractivity contribution < 1.29 is 18.0 Å². The lowest BCUT2D eigenvalue weighted by atomic mass is 10.1. The summed E-state index contributed by atoms with van der Waals surface area (Å²) in [6.45, 7) is 1.87. The van der Waals surface area contributed by atoms with E-state index >= 15 is 0 Å². The first-order chi connectivity index (χ1) is 13.8. The number of benzene rings is 2. The van der Waals surface area contributed by atoms with Crippen molar-refractivity contribution in [2.75, 3.05) is 11.1 Å². The van der Waals surface area contributed by atoms with E-state index in [1.807, 2.05) is 37.3 Å². The van der Waals surface area contributed by atoms with Crippen LogP contribution < -0.4 is 11.1 Å². The number of sulfone groups is 1. The maximum Gasteiger partial charge on any atom is 0.251 e. The second kappa shape index (κ2) is 8.59. The lowest BCUT2D eigenvalue weighted by molar-refractivity contribution is -0.115. The number of nitrogens with two attached hydrogens (primary N) is 1. The zero-order valence-corrected chi connectivity index (χ0v) is 17.3. The molecule has 0 atom stereocenters. The highest BCUT2D eigenvalue weighted by atomic mass is 32.2. The van der Waals surface area contributed by atoms with E-state index in [0.717, 1.165) is 16.0 Å². The first-order valence-electron chi connectivity index (χ1n) is 8.84. The molecule has 0 bridgehead atoms. The van der Waals surface area contributed by atoms with Crippen LogP contribution in [0.2, 0.25) is 0 Å². The van der Waals surface area contributed by atoms with E-state index in [4.69, 9.17) is 5.73 Å². The van der Waals surface area contributed by atoms with Gasteiger partial charge in [0.15, 0.2) is 9.84 Å². The van der Waals surface area contributed by atoms with Crippen LogP contribution in [0.5, 0.6) is 0 Å². The Labute approximate surface area is 173 Å². The molecule has 0 fully saturated rings. The first kappa shape index (κ1) is 20.8. The molecule has 0 aliphatic carbocycles. The number of anilines is 1. The highest BCUT2D eigenvalue weighted by molar-refractivity contribution is 7.91. The van der Waals surface area contributed by atoms with Gasteiger partial charge < -0.3 is 11.1 Å². The lowest BCUT2D eigenvalue weighted by Crippen LogP contribution is -2.19. The van der Waals surface area contributed by atoms with Crippen LogP contribution >= 0.6 is 11.3 Å². The molecular weight excluding hydrogens is 408 g/mol. The number of nitrogens with one attached hydrogen (secondary N) is 1. The normalized spacial score (nSPS) is 11.2. The predicted molar refractivity (Wildman–Crippen MR) is 115 cm³/mol. The van der Waals surface area contributed by atoms with E-state index in [2.05, 4.69) is 5.32 Å². The van der Waals surface area contributed by atoms with E-state index in [9.17, 15) is 18.0 Å². The Balaban J connectivity index is 1.72. The van der Waals surface area contributed by atoms with Crippen LogP contribution in [-0.2, 0) is 14.6 Å². The first-order valence-corrected chi connectivity index (χ1v) is 11.3. The Morgan fingerprint density at radius 1 is 1.03 bits per heavy atom. The van der Waals surface area contributed by atoms with Gasteiger partial charge in [-0.25, -0.2) is 8.42 Å². The van der Waals surface area contributed by atoms with Crippen LogP contribution in [0.3, 0.4) is 0 Å². The average molecular weight is 429 g/mol. The van der Waals surface area contributed by atoms with Crippen molar-refractivity contribution in [3.8, 4) is 10.4 Å². The number of carbonyl (C=O) groups excluding carboxylic acids is 2. The smallest absolute Gasteiger partial charge is 0.251 e. The van der Waals surface area contributed by atoms with Crippen LogP contribution in [0, 0.1) is 6.92 Å². The van der Waals surface area contributed by atoms with Gasteiger partial charge >= 0.3 is 0 Å². The van der Waals surface area contributed by atoms with E-state index in [-0.39, 0.29) is 22.6 Å². The molecule has 1 aromatic heterocycles. The Bertz CT molecular complexity index is 1140. The van der Waals surface area contributed by atoms with Gasteiger partial charge in [-0.15, -0.1) is 11.3 Å². The molecule has 0 radical (unpaired) electrons. The Kier molecular flexibility index (Phi) is 6.14. The number of carbonyl (C=O) groups is 2. The van der Waals surface area contributed by atoms with Crippen molar-refractivity contribution in [3.63, 3.8) is 0 Å². The van der Waals surface area contributed by atoms with Crippen LogP contribution in [0.4, 0.5) is 5.00 Å².